The molecule has 0 N–H and O–H groups in total. The number of hydrogen-bond acceptors (Lipinski definition) is 1. The highest BCUT2D eigenvalue weighted by Crippen LogP contribution is 2.64. The summed E-state index contributed by atoms with van der Waals surface area (Å²) in [5.41, 5.74) is 5.86. The van der Waals surface area contributed by atoms with Crippen LogP contribution in [0.4, 0.5) is 0 Å². The van der Waals surface area contributed by atoms with E-state index < -0.39 is 0 Å². The van der Waals surface area contributed by atoms with Gasteiger partial charge in [-0.25, -0.2) is 0 Å². The number of allylic oxidation sites excluding steroid dienone is 4. The lowest BCUT2D eigenvalue weighted by Crippen LogP contribution is -2.40. The van der Waals surface area contributed by atoms with Crippen LogP contribution in [0.25, 0.3) is 0 Å². The van der Waals surface area contributed by atoms with Crippen molar-refractivity contribution in [3.63, 3.8) is 0 Å². The topological polar surface area (TPSA) is 17.1 Å². The molecule has 0 saturated heterocycles. The van der Waals surface area contributed by atoms with Crippen LogP contribution in [0.2, 0.25) is 0 Å². The molecule has 4 unspecified atom stereocenters. The Morgan fingerprint density at radius 1 is 1.04 bits per heavy atom. The predicted octanol–water partition coefficient (Wildman–Crippen LogP) is 7.42. The molecular weight excluding hydrogens is 328 g/mol. The molecule has 4 rings (SSSR count). The van der Waals surface area contributed by atoms with Crippen LogP contribution >= 0.6 is 0 Å². The van der Waals surface area contributed by atoms with Gasteiger partial charge in [-0.2, -0.15) is 0 Å². The van der Waals surface area contributed by atoms with Crippen molar-refractivity contribution in [1.29, 1.82) is 0 Å². The van der Waals surface area contributed by atoms with Crippen molar-refractivity contribution < 1.29 is 4.79 Å². The van der Waals surface area contributed by atoms with Gasteiger partial charge < -0.3 is 0 Å². The average molecular weight is 369 g/mol. The maximum absolute atomic E-state index is 12.0. The summed E-state index contributed by atoms with van der Waals surface area (Å²) >= 11 is 0. The lowest BCUT2D eigenvalue weighted by Gasteiger charge is -2.51. The molecule has 0 bridgehead atoms. The van der Waals surface area contributed by atoms with Crippen molar-refractivity contribution in [1.82, 2.24) is 0 Å². The molecule has 1 nitrogen and oxygen atoms in total. The van der Waals surface area contributed by atoms with E-state index >= 15 is 0 Å². The number of hydrogen-bond donors (Lipinski definition) is 0. The van der Waals surface area contributed by atoms with Crippen LogP contribution in [-0.2, 0) is 4.79 Å². The lowest BCUT2D eigenvalue weighted by atomic mass is 9.53. The zero-order valence-electron chi connectivity index (χ0n) is 18.2. The summed E-state index contributed by atoms with van der Waals surface area (Å²) < 4.78 is 0. The van der Waals surface area contributed by atoms with Crippen molar-refractivity contribution in [2.45, 2.75) is 105 Å². The van der Waals surface area contributed by atoms with Crippen molar-refractivity contribution in [2.75, 3.05) is 0 Å². The Hall–Kier alpha value is -0.850. The van der Waals surface area contributed by atoms with Gasteiger partial charge in [-0.1, -0.05) is 63.7 Å². The molecule has 4 aliphatic carbocycles. The number of fused-ring (bicyclic) bond motifs is 4. The second-order valence-corrected chi connectivity index (χ2v) is 11.0. The predicted molar refractivity (Wildman–Crippen MR) is 114 cm³/mol. The van der Waals surface area contributed by atoms with Gasteiger partial charge in [0.15, 0.2) is 5.78 Å². The maximum atomic E-state index is 12.0. The van der Waals surface area contributed by atoms with Gasteiger partial charge in [-0.3, -0.25) is 4.79 Å². The molecule has 4 atom stereocenters. The van der Waals surface area contributed by atoms with E-state index in [1.807, 2.05) is 11.6 Å². The third-order valence-corrected chi connectivity index (χ3v) is 9.08. The Kier molecular flexibility index (Phi) is 5.19. The van der Waals surface area contributed by atoms with Crippen LogP contribution < -0.4 is 0 Å². The Morgan fingerprint density at radius 2 is 1.85 bits per heavy atom. The molecule has 4 aliphatic rings. The summed E-state index contributed by atoms with van der Waals surface area (Å²) in [5.74, 6) is 3.01. The van der Waals surface area contributed by atoms with Gasteiger partial charge in [0.25, 0.3) is 0 Å². The first-order valence-corrected chi connectivity index (χ1v) is 11.8. The molecule has 0 heterocycles. The molecule has 0 radical (unpaired) electrons. The van der Waals surface area contributed by atoms with E-state index in [1.165, 1.54) is 63.4 Å². The highest BCUT2D eigenvalue weighted by molar-refractivity contribution is 5.92. The zero-order valence-corrected chi connectivity index (χ0v) is 18.2. The fourth-order valence-corrected chi connectivity index (χ4v) is 7.32. The maximum Gasteiger partial charge on any atom is 0.155 e. The molecule has 0 aromatic heterocycles. The Bertz CT molecular complexity index is 666. The zero-order chi connectivity index (χ0) is 19.2. The van der Waals surface area contributed by atoms with E-state index in [-0.39, 0.29) is 5.41 Å². The minimum Gasteiger partial charge on any atom is -0.295 e. The fraction of sp³-hybridized carbons (Fsp3) is 0.808. The highest BCUT2D eigenvalue weighted by atomic mass is 16.1. The molecule has 0 spiro atoms. The average Bonchev–Trinajstić information content (AvgIpc) is 2.96. The molecule has 0 amide bonds. The molecule has 1 heteroatoms. The van der Waals surface area contributed by atoms with Crippen LogP contribution in [0.5, 0.6) is 0 Å². The number of carbonyl (C=O) groups excluding carboxylic acids is 1. The van der Waals surface area contributed by atoms with Crippen LogP contribution in [0.15, 0.2) is 22.8 Å². The van der Waals surface area contributed by atoms with Gasteiger partial charge in [-0.15, -0.1) is 0 Å². The quantitative estimate of drug-likeness (QED) is 0.364. The first-order valence-electron chi connectivity index (χ1n) is 11.8. The first-order chi connectivity index (χ1) is 12.8. The number of carbonyl (C=O) groups is 1. The van der Waals surface area contributed by atoms with Crippen molar-refractivity contribution >= 4 is 5.78 Å². The first kappa shape index (κ1) is 19.5. The molecule has 0 aromatic rings. The van der Waals surface area contributed by atoms with Crippen LogP contribution in [0, 0.1) is 28.6 Å². The molecular formula is C26H40O. The third kappa shape index (κ3) is 3.28. The van der Waals surface area contributed by atoms with E-state index in [9.17, 15) is 4.79 Å². The van der Waals surface area contributed by atoms with Crippen LogP contribution in [0.1, 0.15) is 105 Å². The normalized spacial score (nSPS) is 38.6. The smallest absolute Gasteiger partial charge is 0.155 e. The van der Waals surface area contributed by atoms with Crippen molar-refractivity contribution in [3.8, 4) is 0 Å². The number of ketones is 1. The van der Waals surface area contributed by atoms with Gasteiger partial charge in [0.1, 0.15) is 0 Å². The Morgan fingerprint density at radius 3 is 2.63 bits per heavy atom. The SMILES string of the molecule is CC(C)CCCCC1CCC2C3=C(CCC12C)C1(C)CCC(=O)C=C1CC3. The van der Waals surface area contributed by atoms with E-state index in [1.54, 1.807) is 5.57 Å². The Labute approximate surface area is 167 Å². The van der Waals surface area contributed by atoms with E-state index in [0.717, 1.165) is 37.0 Å². The standard InChI is InChI=1S/C26H40O/c1-18(2)7-5-6-8-19-10-12-23-22-11-9-20-17-21(27)13-15-26(20,4)24(22)14-16-25(19,23)3/h17-19,23H,5-16H2,1-4H3. The van der Waals surface area contributed by atoms with Crippen molar-refractivity contribution in [3.05, 3.63) is 22.8 Å². The number of rotatable bonds is 5. The van der Waals surface area contributed by atoms with Gasteiger partial charge in [0, 0.05) is 11.8 Å². The highest BCUT2D eigenvalue weighted by Gasteiger charge is 2.53. The second-order valence-electron chi connectivity index (χ2n) is 11.0. The van der Waals surface area contributed by atoms with E-state index in [2.05, 4.69) is 27.7 Å². The monoisotopic (exact) mass is 368 g/mol. The fourth-order valence-electron chi connectivity index (χ4n) is 7.32. The summed E-state index contributed by atoms with van der Waals surface area (Å²) in [7, 11) is 0. The number of unbranched alkanes of at least 4 members (excludes halogenated alkanes) is 1. The molecule has 1 fully saturated rings. The van der Waals surface area contributed by atoms with Crippen LogP contribution in [0.3, 0.4) is 0 Å². The van der Waals surface area contributed by atoms with E-state index in [4.69, 9.17) is 0 Å². The summed E-state index contributed by atoms with van der Waals surface area (Å²) in [6, 6.07) is 0. The third-order valence-electron chi connectivity index (χ3n) is 9.08. The molecule has 1 saturated carbocycles. The van der Waals surface area contributed by atoms with Gasteiger partial charge in [-0.05, 0) is 80.6 Å². The molecule has 0 aliphatic heterocycles. The van der Waals surface area contributed by atoms with E-state index in [0.29, 0.717) is 11.2 Å². The van der Waals surface area contributed by atoms with Gasteiger partial charge in [0.05, 0.1) is 0 Å². The Balaban J connectivity index is 1.53. The summed E-state index contributed by atoms with van der Waals surface area (Å²) in [6.45, 7) is 9.81. The van der Waals surface area contributed by atoms with Gasteiger partial charge >= 0.3 is 0 Å². The van der Waals surface area contributed by atoms with Crippen LogP contribution in [-0.4, -0.2) is 5.78 Å². The second kappa shape index (κ2) is 7.20. The molecule has 27 heavy (non-hydrogen) atoms. The minimum absolute atomic E-state index is 0.220. The lowest BCUT2D eigenvalue weighted by molar-refractivity contribution is -0.115. The molecule has 0 aromatic carbocycles. The van der Waals surface area contributed by atoms with Crippen molar-refractivity contribution in [2.24, 2.45) is 28.6 Å². The summed E-state index contributed by atoms with van der Waals surface area (Å²) in [6.07, 6.45) is 17.5. The molecule has 150 valence electrons. The summed E-state index contributed by atoms with van der Waals surface area (Å²) in [5, 5.41) is 0. The largest absolute Gasteiger partial charge is 0.295 e. The minimum atomic E-state index is 0.220. The summed E-state index contributed by atoms with van der Waals surface area (Å²) in [4.78, 5) is 12.0. The van der Waals surface area contributed by atoms with Gasteiger partial charge in [0.2, 0.25) is 0 Å².